The van der Waals surface area contributed by atoms with Crippen molar-refractivity contribution in [3.63, 3.8) is 0 Å². The molecule has 1 rings (SSSR count). The highest BCUT2D eigenvalue weighted by atomic mass is 32.2. The summed E-state index contributed by atoms with van der Waals surface area (Å²) >= 11 is 1.85. The van der Waals surface area contributed by atoms with Crippen LogP contribution in [0.3, 0.4) is 0 Å². The zero-order chi connectivity index (χ0) is 12.7. The standard InChI is InChI=1S/C14H24N2S/c1-11(2)7-8-17-14-6-5-13(10-16-14)9-15-12(3)4/h5-6,10-12,15H,7-9H2,1-4H3. The van der Waals surface area contributed by atoms with Crippen molar-refractivity contribution in [2.75, 3.05) is 5.75 Å². The summed E-state index contributed by atoms with van der Waals surface area (Å²) in [5.74, 6) is 1.94. The number of rotatable bonds is 7. The van der Waals surface area contributed by atoms with Gasteiger partial charge >= 0.3 is 0 Å². The number of pyridine rings is 1. The molecule has 1 aromatic heterocycles. The van der Waals surface area contributed by atoms with Crippen LogP contribution in [0.15, 0.2) is 23.4 Å². The lowest BCUT2D eigenvalue weighted by Crippen LogP contribution is -2.21. The first-order valence-corrected chi connectivity index (χ1v) is 7.37. The van der Waals surface area contributed by atoms with Gasteiger partial charge in [-0.05, 0) is 29.7 Å². The molecule has 0 saturated heterocycles. The maximum Gasteiger partial charge on any atom is 0.0960 e. The predicted molar refractivity (Wildman–Crippen MR) is 76.4 cm³/mol. The van der Waals surface area contributed by atoms with Crippen LogP contribution in [0, 0.1) is 5.92 Å². The van der Waals surface area contributed by atoms with E-state index in [1.54, 1.807) is 0 Å². The Morgan fingerprint density at radius 1 is 1.24 bits per heavy atom. The van der Waals surface area contributed by atoms with E-state index in [1.807, 2.05) is 18.0 Å². The second kappa shape index (κ2) is 7.72. The molecule has 0 atom stereocenters. The van der Waals surface area contributed by atoms with Gasteiger partial charge in [0.25, 0.3) is 0 Å². The fourth-order valence-corrected chi connectivity index (χ4v) is 2.41. The Balaban J connectivity index is 2.34. The van der Waals surface area contributed by atoms with Crippen molar-refractivity contribution >= 4 is 11.8 Å². The van der Waals surface area contributed by atoms with Gasteiger partial charge in [0, 0.05) is 18.8 Å². The van der Waals surface area contributed by atoms with E-state index in [9.17, 15) is 0 Å². The summed E-state index contributed by atoms with van der Waals surface area (Å²) in [4.78, 5) is 4.48. The van der Waals surface area contributed by atoms with Crippen molar-refractivity contribution in [2.45, 2.75) is 51.7 Å². The molecule has 0 radical (unpaired) electrons. The lowest BCUT2D eigenvalue weighted by Gasteiger charge is -2.08. The number of hydrogen-bond donors (Lipinski definition) is 1. The van der Waals surface area contributed by atoms with Gasteiger partial charge in [-0.1, -0.05) is 33.8 Å². The third kappa shape index (κ3) is 6.69. The lowest BCUT2D eigenvalue weighted by atomic mass is 10.2. The highest BCUT2D eigenvalue weighted by molar-refractivity contribution is 7.99. The molecule has 0 fully saturated rings. The van der Waals surface area contributed by atoms with E-state index in [4.69, 9.17) is 0 Å². The zero-order valence-electron chi connectivity index (χ0n) is 11.4. The lowest BCUT2D eigenvalue weighted by molar-refractivity contribution is 0.587. The third-order valence-electron chi connectivity index (χ3n) is 2.46. The Kier molecular flexibility index (Phi) is 6.60. The normalized spacial score (nSPS) is 11.4. The van der Waals surface area contributed by atoms with Gasteiger partial charge in [-0.25, -0.2) is 4.98 Å². The van der Waals surface area contributed by atoms with Crippen molar-refractivity contribution in [3.8, 4) is 0 Å². The Morgan fingerprint density at radius 2 is 2.00 bits per heavy atom. The Labute approximate surface area is 110 Å². The van der Waals surface area contributed by atoms with Crippen LogP contribution in [0.25, 0.3) is 0 Å². The molecular formula is C14H24N2S. The van der Waals surface area contributed by atoms with Crippen molar-refractivity contribution in [2.24, 2.45) is 5.92 Å². The molecule has 0 aliphatic heterocycles. The van der Waals surface area contributed by atoms with Gasteiger partial charge in [0.15, 0.2) is 0 Å². The van der Waals surface area contributed by atoms with Gasteiger partial charge in [0.05, 0.1) is 5.03 Å². The number of aromatic nitrogens is 1. The van der Waals surface area contributed by atoms with Gasteiger partial charge in [0.2, 0.25) is 0 Å². The second-order valence-electron chi connectivity index (χ2n) is 5.07. The van der Waals surface area contributed by atoms with Gasteiger partial charge in [-0.3, -0.25) is 0 Å². The van der Waals surface area contributed by atoms with Crippen LogP contribution in [-0.2, 0) is 6.54 Å². The van der Waals surface area contributed by atoms with Crippen LogP contribution in [0.5, 0.6) is 0 Å². The maximum absolute atomic E-state index is 4.48. The van der Waals surface area contributed by atoms with Crippen molar-refractivity contribution < 1.29 is 0 Å². The molecular weight excluding hydrogens is 228 g/mol. The molecule has 17 heavy (non-hydrogen) atoms. The van der Waals surface area contributed by atoms with E-state index in [0.717, 1.165) is 23.2 Å². The summed E-state index contributed by atoms with van der Waals surface area (Å²) in [6.45, 7) is 9.73. The number of nitrogens with one attached hydrogen (secondary N) is 1. The maximum atomic E-state index is 4.48. The van der Waals surface area contributed by atoms with E-state index in [0.29, 0.717) is 6.04 Å². The largest absolute Gasteiger partial charge is 0.310 e. The summed E-state index contributed by atoms with van der Waals surface area (Å²) in [5.41, 5.74) is 1.26. The average molecular weight is 252 g/mol. The van der Waals surface area contributed by atoms with Gasteiger partial charge in [-0.2, -0.15) is 0 Å². The smallest absolute Gasteiger partial charge is 0.0960 e. The summed E-state index contributed by atoms with van der Waals surface area (Å²) in [5, 5.41) is 4.53. The van der Waals surface area contributed by atoms with E-state index in [1.165, 1.54) is 12.0 Å². The first kappa shape index (κ1) is 14.5. The highest BCUT2D eigenvalue weighted by Gasteiger charge is 2.00. The topological polar surface area (TPSA) is 24.9 Å². The molecule has 0 amide bonds. The van der Waals surface area contributed by atoms with Crippen LogP contribution in [-0.4, -0.2) is 16.8 Å². The molecule has 3 heteroatoms. The van der Waals surface area contributed by atoms with Crippen LogP contribution in [0.4, 0.5) is 0 Å². The molecule has 1 N–H and O–H groups in total. The quantitative estimate of drug-likeness (QED) is 0.749. The molecule has 0 aliphatic rings. The summed E-state index contributed by atoms with van der Waals surface area (Å²) in [6.07, 6.45) is 3.23. The molecule has 0 saturated carbocycles. The van der Waals surface area contributed by atoms with Crippen molar-refractivity contribution in [1.82, 2.24) is 10.3 Å². The van der Waals surface area contributed by atoms with Crippen LogP contribution >= 0.6 is 11.8 Å². The Morgan fingerprint density at radius 3 is 2.53 bits per heavy atom. The predicted octanol–water partition coefficient (Wildman–Crippen LogP) is 3.72. The van der Waals surface area contributed by atoms with Crippen molar-refractivity contribution in [1.29, 1.82) is 0 Å². The van der Waals surface area contributed by atoms with E-state index in [-0.39, 0.29) is 0 Å². The summed E-state index contributed by atoms with van der Waals surface area (Å²) < 4.78 is 0. The molecule has 0 aromatic carbocycles. The van der Waals surface area contributed by atoms with Crippen LogP contribution in [0.1, 0.15) is 39.7 Å². The number of nitrogens with zero attached hydrogens (tertiary/aromatic N) is 1. The van der Waals surface area contributed by atoms with Crippen molar-refractivity contribution in [3.05, 3.63) is 23.9 Å². The summed E-state index contributed by atoms with van der Waals surface area (Å²) in [6, 6.07) is 4.82. The Hall–Kier alpha value is -0.540. The average Bonchev–Trinajstić information content (AvgIpc) is 2.27. The zero-order valence-corrected chi connectivity index (χ0v) is 12.2. The fraction of sp³-hybridized carbons (Fsp3) is 0.643. The first-order valence-electron chi connectivity index (χ1n) is 6.39. The minimum absolute atomic E-state index is 0.523. The number of thioether (sulfide) groups is 1. The summed E-state index contributed by atoms with van der Waals surface area (Å²) in [7, 11) is 0. The molecule has 96 valence electrons. The van der Waals surface area contributed by atoms with Crippen LogP contribution in [0.2, 0.25) is 0 Å². The Bertz CT molecular complexity index is 307. The molecule has 2 nitrogen and oxygen atoms in total. The molecule has 1 heterocycles. The SMILES string of the molecule is CC(C)CCSc1ccc(CNC(C)C)cn1. The highest BCUT2D eigenvalue weighted by Crippen LogP contribution is 2.18. The molecule has 0 unspecified atom stereocenters. The minimum Gasteiger partial charge on any atom is -0.310 e. The van der Waals surface area contributed by atoms with Crippen LogP contribution < -0.4 is 5.32 Å². The molecule has 0 aliphatic carbocycles. The molecule has 0 spiro atoms. The van der Waals surface area contributed by atoms with Gasteiger partial charge in [-0.15, -0.1) is 11.8 Å². The fourth-order valence-electron chi connectivity index (χ4n) is 1.32. The van der Waals surface area contributed by atoms with E-state index < -0.39 is 0 Å². The van der Waals surface area contributed by atoms with Gasteiger partial charge < -0.3 is 5.32 Å². The molecule has 1 aromatic rings. The second-order valence-corrected chi connectivity index (χ2v) is 6.19. The van der Waals surface area contributed by atoms with E-state index >= 15 is 0 Å². The number of hydrogen-bond acceptors (Lipinski definition) is 3. The van der Waals surface area contributed by atoms with E-state index in [2.05, 4.69) is 50.1 Å². The third-order valence-corrected chi connectivity index (χ3v) is 3.43. The first-order chi connectivity index (χ1) is 8.08. The monoisotopic (exact) mass is 252 g/mol. The van der Waals surface area contributed by atoms with Gasteiger partial charge in [0.1, 0.15) is 0 Å². The minimum atomic E-state index is 0.523. The molecule has 0 bridgehead atoms.